The molecule has 0 aromatic carbocycles. The zero-order chi connectivity index (χ0) is 8.74. The van der Waals surface area contributed by atoms with Gasteiger partial charge >= 0.3 is 0 Å². The average molecular weight is 189 g/mol. The molecule has 0 heterocycles. The molecule has 0 aliphatic rings. The molecule has 66 valence electrons. The second-order valence-electron chi connectivity index (χ2n) is 3.06. The third-order valence-electron chi connectivity index (χ3n) is 2.81. The Balaban J connectivity index is 3.93. The van der Waals surface area contributed by atoms with Crippen LogP contribution in [0.15, 0.2) is 0 Å². The molecule has 0 saturated carbocycles. The van der Waals surface area contributed by atoms with Crippen molar-refractivity contribution < 1.29 is 0 Å². The van der Waals surface area contributed by atoms with E-state index in [1.165, 1.54) is 24.3 Å². The van der Waals surface area contributed by atoms with Crippen LogP contribution < -0.4 is 5.32 Å². The van der Waals surface area contributed by atoms with Gasteiger partial charge in [0, 0.05) is 6.17 Å². The normalized spacial score (nSPS) is 11.2. The first-order valence-corrected chi connectivity index (χ1v) is 7.71. The summed E-state index contributed by atoms with van der Waals surface area (Å²) in [5.74, 6) is 0. The van der Waals surface area contributed by atoms with Crippen molar-refractivity contribution in [3.63, 3.8) is 0 Å². The Morgan fingerprint density at radius 2 is 1.64 bits per heavy atom. The Hall–Kier alpha value is 0.107. The summed E-state index contributed by atoms with van der Waals surface area (Å²) in [5, 5.41) is 3.19. The fourth-order valence-corrected chi connectivity index (χ4v) is 4.40. The van der Waals surface area contributed by atoms with E-state index in [1.54, 1.807) is 5.49 Å². The van der Waals surface area contributed by atoms with Crippen LogP contribution in [0.5, 0.6) is 0 Å². The molecule has 0 aromatic heterocycles. The first-order chi connectivity index (χ1) is 5.24. The highest BCUT2D eigenvalue weighted by Crippen LogP contribution is 2.18. The Morgan fingerprint density at radius 3 is 1.91 bits per heavy atom. The van der Waals surface area contributed by atoms with Gasteiger partial charge in [0.05, 0.1) is 13.6 Å². The quantitative estimate of drug-likeness (QED) is 0.509. The van der Waals surface area contributed by atoms with Gasteiger partial charge in [-0.05, 0) is 0 Å². The molecule has 3 heteroatoms. The maximum Gasteiger partial charge on any atom is 0.0745 e. The molecular weight excluding hydrogens is 170 g/mol. The fourth-order valence-electron chi connectivity index (χ4n) is 1.38. The zero-order valence-electron chi connectivity index (χ0n) is 7.81. The van der Waals surface area contributed by atoms with Gasteiger partial charge in [-0.3, -0.25) is 0 Å². The summed E-state index contributed by atoms with van der Waals surface area (Å²) in [5.41, 5.74) is 1.66. The number of rotatable bonds is 6. The molecule has 0 rings (SSSR count). The van der Waals surface area contributed by atoms with Crippen molar-refractivity contribution in [2.45, 2.75) is 38.9 Å². The molecule has 0 radical (unpaired) electrons. The van der Waals surface area contributed by atoms with Crippen LogP contribution in [-0.4, -0.2) is 19.7 Å². The maximum absolute atomic E-state index is 4.75. The van der Waals surface area contributed by atoms with Crippen LogP contribution in [0.1, 0.15) is 20.8 Å². The highest BCUT2D eigenvalue weighted by Gasteiger charge is 2.25. The van der Waals surface area contributed by atoms with E-state index in [2.05, 4.69) is 26.1 Å². The maximum atomic E-state index is 4.75. The molecular formula is C8H19NSSi. The molecule has 0 aliphatic carbocycles. The van der Waals surface area contributed by atoms with Crippen LogP contribution in [0.3, 0.4) is 0 Å². The lowest BCUT2D eigenvalue weighted by Gasteiger charge is -2.27. The molecule has 0 atom stereocenters. The molecule has 1 nitrogen and oxygen atoms in total. The van der Waals surface area contributed by atoms with Crippen LogP contribution in [-0.2, 0) is 0 Å². The highest BCUT2D eigenvalue weighted by atomic mass is 32.1. The lowest BCUT2D eigenvalue weighted by molar-refractivity contribution is 1.03. The van der Waals surface area contributed by atoms with Gasteiger partial charge in [0.25, 0.3) is 0 Å². The zero-order valence-corrected chi connectivity index (χ0v) is 9.63. The summed E-state index contributed by atoms with van der Waals surface area (Å²) in [4.78, 5) is 0. The van der Waals surface area contributed by atoms with E-state index in [1.807, 2.05) is 0 Å². The minimum absolute atomic E-state index is 0.947. The number of hydrogen-bond acceptors (Lipinski definition) is 1. The predicted molar refractivity (Wildman–Crippen MR) is 58.9 cm³/mol. The van der Waals surface area contributed by atoms with E-state index in [4.69, 9.17) is 12.2 Å². The van der Waals surface area contributed by atoms with Crippen molar-refractivity contribution in [3.05, 3.63) is 0 Å². The first-order valence-electron chi connectivity index (χ1n) is 4.41. The second kappa shape index (κ2) is 5.72. The van der Waals surface area contributed by atoms with Gasteiger partial charge in [-0.1, -0.05) is 51.1 Å². The minimum Gasteiger partial charge on any atom is -0.385 e. The fraction of sp³-hybridized carbons (Fsp3) is 0.875. The molecule has 0 bridgehead atoms. The molecule has 0 amide bonds. The third-order valence-corrected chi connectivity index (χ3v) is 8.43. The summed E-state index contributed by atoms with van der Waals surface area (Å²) in [6, 6.07) is 4.11. The van der Waals surface area contributed by atoms with Crippen LogP contribution in [0.4, 0.5) is 0 Å². The van der Waals surface area contributed by atoms with Gasteiger partial charge in [0.1, 0.15) is 0 Å². The van der Waals surface area contributed by atoms with Gasteiger partial charge in [-0.15, -0.1) is 0 Å². The summed E-state index contributed by atoms with van der Waals surface area (Å²) in [6.07, 6.45) is 1.17. The number of hydrogen-bond donors (Lipinski definition) is 1. The van der Waals surface area contributed by atoms with Gasteiger partial charge in [-0.25, -0.2) is 0 Å². The van der Waals surface area contributed by atoms with E-state index in [-0.39, 0.29) is 0 Å². The number of nitrogens with one attached hydrogen (secondary N) is 1. The summed E-state index contributed by atoms with van der Waals surface area (Å²) in [6.45, 7) is 6.93. The van der Waals surface area contributed by atoms with Crippen LogP contribution in [0.2, 0.25) is 18.1 Å². The summed E-state index contributed by atoms with van der Waals surface area (Å²) >= 11 is 4.75. The van der Waals surface area contributed by atoms with Crippen molar-refractivity contribution in [3.8, 4) is 0 Å². The Morgan fingerprint density at radius 1 is 1.18 bits per heavy atom. The van der Waals surface area contributed by atoms with Crippen LogP contribution in [0.25, 0.3) is 0 Å². The Labute approximate surface area is 76.6 Å². The van der Waals surface area contributed by atoms with Crippen LogP contribution >= 0.6 is 12.2 Å². The second-order valence-corrected chi connectivity index (χ2v) is 8.77. The molecule has 0 saturated heterocycles. The van der Waals surface area contributed by atoms with E-state index in [0.29, 0.717) is 0 Å². The number of thiocarbonyl (C=S) groups is 1. The van der Waals surface area contributed by atoms with Crippen molar-refractivity contribution in [1.29, 1.82) is 0 Å². The topological polar surface area (TPSA) is 12.0 Å². The van der Waals surface area contributed by atoms with E-state index in [9.17, 15) is 0 Å². The molecule has 0 aromatic rings. The SMILES string of the molecule is CC[Si](CC)(CC)CNC=S. The molecule has 1 N–H and O–H groups in total. The van der Waals surface area contributed by atoms with Crippen LogP contribution in [0, 0.1) is 0 Å². The lowest BCUT2D eigenvalue weighted by Crippen LogP contribution is -2.43. The van der Waals surface area contributed by atoms with E-state index < -0.39 is 8.07 Å². The molecule has 0 spiro atoms. The molecule has 0 unspecified atom stereocenters. The van der Waals surface area contributed by atoms with E-state index in [0.717, 1.165) is 0 Å². The lowest BCUT2D eigenvalue weighted by atomic mass is 10.9. The van der Waals surface area contributed by atoms with Gasteiger partial charge in [0.15, 0.2) is 0 Å². The molecule has 11 heavy (non-hydrogen) atoms. The Bertz CT molecular complexity index is 104. The molecule has 0 aliphatic heterocycles. The predicted octanol–water partition coefficient (Wildman–Crippen LogP) is 2.58. The van der Waals surface area contributed by atoms with E-state index >= 15 is 0 Å². The molecule has 0 fully saturated rings. The standard InChI is InChI=1S/C8H19NSSi/c1-4-11(5-2,6-3)8-9-7-10/h7H,4-6,8H2,1-3H3,(H,9,10). The summed E-state index contributed by atoms with van der Waals surface area (Å²) < 4.78 is 0. The van der Waals surface area contributed by atoms with Crippen molar-refractivity contribution >= 4 is 25.8 Å². The van der Waals surface area contributed by atoms with Crippen molar-refractivity contribution in [2.24, 2.45) is 0 Å². The smallest absolute Gasteiger partial charge is 0.0745 e. The largest absolute Gasteiger partial charge is 0.385 e. The summed E-state index contributed by atoms with van der Waals surface area (Å²) in [7, 11) is -0.947. The van der Waals surface area contributed by atoms with Crippen molar-refractivity contribution in [1.82, 2.24) is 5.32 Å². The monoisotopic (exact) mass is 189 g/mol. The third kappa shape index (κ3) is 3.34. The minimum atomic E-state index is -0.947. The highest BCUT2D eigenvalue weighted by molar-refractivity contribution is 7.78. The van der Waals surface area contributed by atoms with Gasteiger partial charge in [-0.2, -0.15) is 0 Å². The average Bonchev–Trinajstić information content (AvgIpc) is 2.08. The van der Waals surface area contributed by atoms with Crippen molar-refractivity contribution in [2.75, 3.05) is 6.17 Å². The van der Waals surface area contributed by atoms with Gasteiger partial charge in [0.2, 0.25) is 0 Å². The Kier molecular flexibility index (Phi) is 5.77. The first kappa shape index (κ1) is 11.1. The van der Waals surface area contributed by atoms with Gasteiger partial charge < -0.3 is 5.32 Å².